The van der Waals surface area contributed by atoms with Crippen LogP contribution in [0.25, 0.3) is 10.9 Å². The smallest absolute Gasteiger partial charge is 0.136 e. The van der Waals surface area contributed by atoms with Crippen LogP contribution in [-0.2, 0) is 10.2 Å². The van der Waals surface area contributed by atoms with Gasteiger partial charge in [-0.25, -0.2) is 0 Å². The zero-order valence-corrected chi connectivity index (χ0v) is 18.8. The van der Waals surface area contributed by atoms with Crippen molar-refractivity contribution < 1.29 is 4.79 Å². The molecule has 1 heterocycles. The van der Waals surface area contributed by atoms with E-state index in [0.29, 0.717) is 29.0 Å². The molecule has 0 bridgehead atoms. The van der Waals surface area contributed by atoms with Gasteiger partial charge in [-0.05, 0) is 72.3 Å². The van der Waals surface area contributed by atoms with Crippen LogP contribution < -0.4 is 0 Å². The van der Waals surface area contributed by atoms with Gasteiger partial charge in [0.1, 0.15) is 5.78 Å². The highest BCUT2D eigenvalue weighted by atomic mass is 16.1. The lowest BCUT2D eigenvalue weighted by Crippen LogP contribution is -2.62. The van der Waals surface area contributed by atoms with Crippen molar-refractivity contribution in [3.8, 4) is 0 Å². The quantitative estimate of drug-likeness (QED) is 0.564. The second-order valence-corrected chi connectivity index (χ2v) is 11.4. The molecule has 2 aromatic rings. The third-order valence-electron chi connectivity index (χ3n) is 10.5. The van der Waals surface area contributed by atoms with Crippen molar-refractivity contribution in [3.63, 3.8) is 0 Å². The average molecular weight is 392 g/mol. The van der Waals surface area contributed by atoms with Crippen molar-refractivity contribution in [2.24, 2.45) is 34.5 Å². The lowest BCUT2D eigenvalue weighted by molar-refractivity contribution is -0.167. The topological polar surface area (TPSA) is 32.9 Å². The minimum absolute atomic E-state index is 0.179. The molecule has 5 rings (SSSR count). The number of Topliss-reactive ketones (excluding diaryl/α,β-unsaturated/α-hetero) is 1. The van der Waals surface area contributed by atoms with Crippen LogP contribution in [-0.4, -0.2) is 10.8 Å². The van der Waals surface area contributed by atoms with E-state index in [4.69, 9.17) is 0 Å². The van der Waals surface area contributed by atoms with Crippen molar-refractivity contribution in [2.45, 2.75) is 78.6 Å². The molecule has 0 radical (unpaired) electrons. The molecular formula is C27H37NO. The minimum atomic E-state index is 0.179. The first kappa shape index (κ1) is 19.4. The maximum absolute atomic E-state index is 12.6. The number of hydrogen-bond acceptors (Lipinski definition) is 1. The Bertz CT molecular complexity index is 958. The van der Waals surface area contributed by atoms with Crippen LogP contribution in [0.1, 0.15) is 78.7 Å². The van der Waals surface area contributed by atoms with E-state index < -0.39 is 0 Å². The highest BCUT2D eigenvalue weighted by molar-refractivity contribution is 5.84. The van der Waals surface area contributed by atoms with Crippen molar-refractivity contribution in [2.75, 3.05) is 0 Å². The summed E-state index contributed by atoms with van der Waals surface area (Å²) in [4.78, 5) is 16.2. The Kier molecular flexibility index (Phi) is 4.16. The van der Waals surface area contributed by atoms with E-state index in [1.807, 2.05) is 0 Å². The van der Waals surface area contributed by atoms with Crippen molar-refractivity contribution in [1.82, 2.24) is 4.98 Å². The van der Waals surface area contributed by atoms with Gasteiger partial charge >= 0.3 is 0 Å². The number of aromatic amines is 1. The Morgan fingerprint density at radius 1 is 0.931 bits per heavy atom. The fourth-order valence-electron chi connectivity index (χ4n) is 8.48. The molecule has 156 valence electrons. The molecule has 7 atom stereocenters. The maximum Gasteiger partial charge on any atom is 0.136 e. The van der Waals surface area contributed by atoms with E-state index >= 15 is 0 Å². The lowest BCUT2D eigenvalue weighted by Gasteiger charge is -2.66. The number of rotatable bonds is 1. The zero-order chi connectivity index (χ0) is 20.6. The molecule has 1 aromatic heterocycles. The van der Waals surface area contributed by atoms with Crippen LogP contribution in [0, 0.1) is 34.5 Å². The first-order chi connectivity index (χ1) is 13.7. The molecule has 0 unspecified atom stereocenters. The zero-order valence-electron chi connectivity index (χ0n) is 18.8. The van der Waals surface area contributed by atoms with E-state index in [-0.39, 0.29) is 16.7 Å². The summed E-state index contributed by atoms with van der Waals surface area (Å²) in [7, 11) is 0. The van der Waals surface area contributed by atoms with Gasteiger partial charge in [-0.1, -0.05) is 52.8 Å². The second-order valence-electron chi connectivity index (χ2n) is 11.4. The van der Waals surface area contributed by atoms with Crippen LogP contribution in [0.2, 0.25) is 0 Å². The summed E-state index contributed by atoms with van der Waals surface area (Å²) in [5, 5.41) is 1.41. The number of carbonyl (C=O) groups is 1. The van der Waals surface area contributed by atoms with Gasteiger partial charge < -0.3 is 4.98 Å². The number of para-hydroxylation sites is 1. The first-order valence-corrected chi connectivity index (χ1v) is 11.8. The van der Waals surface area contributed by atoms with Gasteiger partial charge in [0, 0.05) is 34.9 Å². The summed E-state index contributed by atoms with van der Waals surface area (Å²) in [5.74, 6) is 2.74. The Hall–Kier alpha value is -1.57. The Labute approximate surface area is 175 Å². The third-order valence-corrected chi connectivity index (χ3v) is 10.5. The fourth-order valence-corrected chi connectivity index (χ4v) is 8.48. The van der Waals surface area contributed by atoms with Gasteiger partial charge in [0.2, 0.25) is 0 Å². The molecule has 3 saturated carbocycles. The number of nitrogens with one attached hydrogen (secondary N) is 1. The molecule has 0 spiro atoms. The van der Waals surface area contributed by atoms with Crippen molar-refractivity contribution in [1.29, 1.82) is 0 Å². The Morgan fingerprint density at radius 2 is 1.66 bits per heavy atom. The van der Waals surface area contributed by atoms with E-state index in [0.717, 1.165) is 12.8 Å². The maximum atomic E-state index is 12.6. The summed E-state index contributed by atoms with van der Waals surface area (Å²) >= 11 is 0. The van der Waals surface area contributed by atoms with E-state index in [2.05, 4.69) is 70.1 Å². The first-order valence-electron chi connectivity index (χ1n) is 11.8. The average Bonchev–Trinajstić information content (AvgIpc) is 3.13. The van der Waals surface area contributed by atoms with Gasteiger partial charge in [-0.15, -0.1) is 0 Å². The van der Waals surface area contributed by atoms with Gasteiger partial charge in [0.15, 0.2) is 0 Å². The molecule has 2 nitrogen and oxygen atoms in total. The predicted octanol–water partition coefficient (Wildman–Crippen LogP) is 6.89. The molecule has 3 aliphatic rings. The van der Waals surface area contributed by atoms with Gasteiger partial charge in [0.05, 0.1) is 0 Å². The van der Waals surface area contributed by atoms with Gasteiger partial charge in [-0.2, -0.15) is 0 Å². The molecular weight excluding hydrogens is 354 g/mol. The second kappa shape index (κ2) is 6.22. The highest BCUT2D eigenvalue weighted by Crippen LogP contribution is 2.69. The summed E-state index contributed by atoms with van der Waals surface area (Å²) < 4.78 is 0. The molecule has 29 heavy (non-hydrogen) atoms. The predicted molar refractivity (Wildman–Crippen MR) is 120 cm³/mol. The molecule has 0 saturated heterocycles. The molecule has 1 aromatic carbocycles. The van der Waals surface area contributed by atoms with Crippen LogP contribution in [0.4, 0.5) is 0 Å². The number of ketones is 1. The molecule has 0 aliphatic heterocycles. The van der Waals surface area contributed by atoms with Crippen LogP contribution in [0.5, 0.6) is 0 Å². The van der Waals surface area contributed by atoms with Crippen LogP contribution in [0.15, 0.2) is 30.5 Å². The highest BCUT2D eigenvalue weighted by Gasteiger charge is 2.63. The SMILES string of the molecule is C[C@@H]1CC[C@@]2(C)[C@@H]3CCC(=O)[C@H](C)[C@@]3(C)CC[C@@H]2[C@@]1(C)c1c[nH]c2ccccc12. The Morgan fingerprint density at radius 3 is 2.45 bits per heavy atom. The Balaban J connectivity index is 1.64. The number of carbonyl (C=O) groups excluding carboxylic acids is 1. The number of benzene rings is 1. The fraction of sp³-hybridized carbons (Fsp3) is 0.667. The van der Waals surface area contributed by atoms with Crippen molar-refractivity contribution >= 4 is 16.7 Å². The number of aromatic nitrogens is 1. The van der Waals surface area contributed by atoms with E-state index in [1.165, 1.54) is 42.1 Å². The minimum Gasteiger partial charge on any atom is -0.361 e. The van der Waals surface area contributed by atoms with Gasteiger partial charge in [-0.3, -0.25) is 4.79 Å². The van der Waals surface area contributed by atoms with Crippen LogP contribution in [0.3, 0.4) is 0 Å². The number of fused-ring (bicyclic) bond motifs is 4. The molecule has 3 fully saturated rings. The number of H-pyrrole nitrogens is 1. The van der Waals surface area contributed by atoms with Crippen LogP contribution >= 0.6 is 0 Å². The number of hydrogen-bond donors (Lipinski definition) is 1. The summed E-state index contributed by atoms with van der Waals surface area (Å²) in [6.07, 6.45) is 9.27. The molecule has 0 amide bonds. The monoisotopic (exact) mass is 391 g/mol. The molecule has 3 aliphatic carbocycles. The normalized spacial score (nSPS) is 45.1. The summed E-state index contributed by atoms with van der Waals surface area (Å²) in [6, 6.07) is 8.83. The third kappa shape index (κ3) is 2.38. The lowest BCUT2D eigenvalue weighted by atomic mass is 9.37. The van der Waals surface area contributed by atoms with Crippen molar-refractivity contribution in [3.05, 3.63) is 36.0 Å². The molecule has 1 N–H and O–H groups in total. The summed E-state index contributed by atoms with van der Waals surface area (Å²) in [6.45, 7) is 12.3. The standard InChI is InChI=1S/C27H37NO/c1-17-12-14-26(4)23-11-10-22(29)18(2)25(23,3)15-13-24(26)27(17,5)20-16-28-21-9-7-6-8-19(20)21/h6-9,16-18,23-24,28H,10-15H2,1-5H3/t17-,18+,23-,24+,25-,26+,27-/m1/s1. The summed E-state index contributed by atoms with van der Waals surface area (Å²) in [5.41, 5.74) is 3.48. The van der Waals surface area contributed by atoms with Gasteiger partial charge in [0.25, 0.3) is 0 Å². The largest absolute Gasteiger partial charge is 0.361 e. The molecule has 2 heteroatoms. The van der Waals surface area contributed by atoms with E-state index in [9.17, 15) is 4.79 Å². The van der Waals surface area contributed by atoms with E-state index in [1.54, 1.807) is 0 Å².